The van der Waals surface area contributed by atoms with Gasteiger partial charge in [-0.25, -0.2) is 0 Å². The fourth-order valence-corrected chi connectivity index (χ4v) is 3.33. The zero-order valence-corrected chi connectivity index (χ0v) is 11.7. The van der Waals surface area contributed by atoms with Crippen LogP contribution in [0.25, 0.3) is 0 Å². The van der Waals surface area contributed by atoms with Crippen molar-refractivity contribution < 1.29 is 4.52 Å². The van der Waals surface area contributed by atoms with Crippen molar-refractivity contribution in [1.82, 2.24) is 15.5 Å². The van der Waals surface area contributed by atoms with E-state index in [-0.39, 0.29) is 6.04 Å². The second kappa shape index (κ2) is 6.51. The van der Waals surface area contributed by atoms with Crippen molar-refractivity contribution >= 4 is 0 Å². The molecule has 1 aliphatic carbocycles. The molecule has 4 heteroatoms. The zero-order chi connectivity index (χ0) is 12.9. The summed E-state index contributed by atoms with van der Waals surface area (Å²) in [6.45, 7) is 1.08. The first kappa shape index (κ1) is 13.1. The molecule has 2 aliphatic rings. The number of aromatic nitrogens is 2. The topological polar surface area (TPSA) is 51.0 Å². The maximum absolute atomic E-state index is 5.53. The van der Waals surface area contributed by atoms with E-state index in [1.165, 1.54) is 57.8 Å². The first-order valence-electron chi connectivity index (χ1n) is 8.00. The quantitative estimate of drug-likeness (QED) is 0.826. The maximum atomic E-state index is 5.53. The molecule has 0 amide bonds. The van der Waals surface area contributed by atoms with Gasteiger partial charge in [-0.05, 0) is 32.2 Å². The molecule has 0 spiro atoms. The summed E-state index contributed by atoms with van der Waals surface area (Å²) in [4.78, 5) is 4.70. The Balaban J connectivity index is 1.67. The first-order chi connectivity index (χ1) is 9.43. The van der Waals surface area contributed by atoms with Crippen LogP contribution in [0, 0.1) is 0 Å². The average molecular weight is 263 g/mol. The van der Waals surface area contributed by atoms with Gasteiger partial charge in [-0.15, -0.1) is 0 Å². The Morgan fingerprint density at radius 1 is 0.895 bits per heavy atom. The summed E-state index contributed by atoms with van der Waals surface area (Å²) in [5.41, 5.74) is 0. The smallest absolute Gasteiger partial charge is 0.243 e. The van der Waals surface area contributed by atoms with Crippen molar-refractivity contribution in [2.24, 2.45) is 0 Å². The van der Waals surface area contributed by atoms with E-state index >= 15 is 0 Å². The SMILES string of the molecule is C1CCCC(c2noc([C@@H]3CCCCCN3)n2)CC1. The van der Waals surface area contributed by atoms with Crippen LogP contribution in [0.2, 0.25) is 0 Å². The summed E-state index contributed by atoms with van der Waals surface area (Å²) in [6.07, 6.45) is 12.8. The van der Waals surface area contributed by atoms with Gasteiger partial charge in [0.1, 0.15) is 0 Å². The summed E-state index contributed by atoms with van der Waals surface area (Å²) < 4.78 is 5.53. The molecule has 0 unspecified atom stereocenters. The van der Waals surface area contributed by atoms with Crippen LogP contribution < -0.4 is 5.32 Å². The molecule has 4 nitrogen and oxygen atoms in total. The van der Waals surface area contributed by atoms with Gasteiger partial charge < -0.3 is 9.84 Å². The summed E-state index contributed by atoms with van der Waals surface area (Å²) in [5, 5.41) is 7.79. The Hall–Kier alpha value is -0.900. The van der Waals surface area contributed by atoms with Gasteiger partial charge in [0.05, 0.1) is 6.04 Å². The second-order valence-electron chi connectivity index (χ2n) is 6.04. The average Bonchev–Trinajstić information content (AvgIpc) is 2.67. The van der Waals surface area contributed by atoms with Crippen molar-refractivity contribution in [2.45, 2.75) is 76.2 Å². The summed E-state index contributed by atoms with van der Waals surface area (Å²) in [7, 11) is 0. The molecule has 2 heterocycles. The van der Waals surface area contributed by atoms with Crippen LogP contribution in [0.1, 0.15) is 87.9 Å². The fourth-order valence-electron chi connectivity index (χ4n) is 3.33. The maximum Gasteiger partial charge on any atom is 0.243 e. The molecule has 1 atom stereocenters. The summed E-state index contributed by atoms with van der Waals surface area (Å²) in [6, 6.07) is 0.287. The molecule has 0 aromatic carbocycles. The van der Waals surface area contributed by atoms with Crippen LogP contribution >= 0.6 is 0 Å². The van der Waals surface area contributed by atoms with Gasteiger partial charge in [0.25, 0.3) is 0 Å². The van der Waals surface area contributed by atoms with Crippen LogP contribution in [0.5, 0.6) is 0 Å². The zero-order valence-electron chi connectivity index (χ0n) is 11.7. The molecule has 1 aliphatic heterocycles. The molecule has 106 valence electrons. The molecule has 1 N–H and O–H groups in total. The number of hydrogen-bond acceptors (Lipinski definition) is 4. The first-order valence-corrected chi connectivity index (χ1v) is 8.00. The number of hydrogen-bond donors (Lipinski definition) is 1. The molecule has 1 saturated heterocycles. The van der Waals surface area contributed by atoms with Crippen LogP contribution in [-0.2, 0) is 0 Å². The Kier molecular flexibility index (Phi) is 4.49. The standard InChI is InChI=1S/C15H25N3O/c1-2-5-9-12(8-4-1)14-17-15(19-18-14)13-10-6-3-7-11-16-13/h12-13,16H,1-11H2/t13-/m0/s1. The molecular formula is C15H25N3O. The van der Waals surface area contributed by atoms with E-state index in [9.17, 15) is 0 Å². The Morgan fingerprint density at radius 3 is 2.47 bits per heavy atom. The van der Waals surface area contributed by atoms with Crippen LogP contribution in [0.15, 0.2) is 4.52 Å². The van der Waals surface area contributed by atoms with Crippen molar-refractivity contribution in [3.8, 4) is 0 Å². The molecule has 1 saturated carbocycles. The molecule has 1 aromatic heterocycles. The molecule has 0 bridgehead atoms. The molecule has 2 fully saturated rings. The van der Waals surface area contributed by atoms with Gasteiger partial charge >= 0.3 is 0 Å². The summed E-state index contributed by atoms with van der Waals surface area (Å²) in [5.74, 6) is 2.31. The molecular weight excluding hydrogens is 238 g/mol. The van der Waals surface area contributed by atoms with E-state index < -0.39 is 0 Å². The number of nitrogens with one attached hydrogen (secondary N) is 1. The number of nitrogens with zero attached hydrogens (tertiary/aromatic N) is 2. The summed E-state index contributed by atoms with van der Waals surface area (Å²) >= 11 is 0. The highest BCUT2D eigenvalue weighted by Gasteiger charge is 2.24. The third-order valence-corrected chi connectivity index (χ3v) is 4.54. The minimum absolute atomic E-state index is 0.287. The Labute approximate surface area is 115 Å². The Morgan fingerprint density at radius 2 is 1.63 bits per heavy atom. The monoisotopic (exact) mass is 263 g/mol. The van der Waals surface area contributed by atoms with Gasteiger partial charge in [0.2, 0.25) is 5.89 Å². The van der Waals surface area contributed by atoms with E-state index in [0.29, 0.717) is 5.92 Å². The molecule has 19 heavy (non-hydrogen) atoms. The highest BCUT2D eigenvalue weighted by atomic mass is 16.5. The third-order valence-electron chi connectivity index (χ3n) is 4.54. The predicted octanol–water partition coefficient (Wildman–Crippen LogP) is 3.71. The van der Waals surface area contributed by atoms with E-state index in [1.807, 2.05) is 0 Å². The minimum Gasteiger partial charge on any atom is -0.338 e. The Bertz CT molecular complexity index is 340. The van der Waals surface area contributed by atoms with E-state index in [2.05, 4.69) is 10.5 Å². The largest absolute Gasteiger partial charge is 0.338 e. The van der Waals surface area contributed by atoms with Crippen LogP contribution in [0.4, 0.5) is 0 Å². The second-order valence-corrected chi connectivity index (χ2v) is 6.04. The lowest BCUT2D eigenvalue weighted by atomic mass is 10.00. The third kappa shape index (κ3) is 3.35. The minimum atomic E-state index is 0.287. The lowest BCUT2D eigenvalue weighted by molar-refractivity contribution is 0.322. The van der Waals surface area contributed by atoms with Gasteiger partial charge in [0.15, 0.2) is 5.82 Å². The van der Waals surface area contributed by atoms with Crippen LogP contribution in [-0.4, -0.2) is 16.7 Å². The van der Waals surface area contributed by atoms with Crippen LogP contribution in [0.3, 0.4) is 0 Å². The van der Waals surface area contributed by atoms with E-state index in [4.69, 9.17) is 9.51 Å². The highest BCUT2D eigenvalue weighted by molar-refractivity contribution is 4.99. The fraction of sp³-hybridized carbons (Fsp3) is 0.867. The predicted molar refractivity (Wildman–Crippen MR) is 74.0 cm³/mol. The van der Waals surface area contributed by atoms with Crippen molar-refractivity contribution in [1.29, 1.82) is 0 Å². The van der Waals surface area contributed by atoms with Gasteiger partial charge in [-0.2, -0.15) is 4.98 Å². The lowest BCUT2D eigenvalue weighted by Crippen LogP contribution is -2.20. The van der Waals surface area contributed by atoms with Gasteiger partial charge in [-0.3, -0.25) is 0 Å². The van der Waals surface area contributed by atoms with Crippen molar-refractivity contribution in [2.75, 3.05) is 6.54 Å². The highest BCUT2D eigenvalue weighted by Crippen LogP contribution is 2.31. The van der Waals surface area contributed by atoms with Crippen molar-refractivity contribution in [3.05, 3.63) is 11.7 Å². The van der Waals surface area contributed by atoms with Gasteiger partial charge in [-0.1, -0.05) is 43.7 Å². The molecule has 0 radical (unpaired) electrons. The van der Waals surface area contributed by atoms with E-state index in [0.717, 1.165) is 24.7 Å². The molecule has 3 rings (SSSR count). The van der Waals surface area contributed by atoms with Gasteiger partial charge in [0, 0.05) is 5.92 Å². The number of rotatable bonds is 2. The van der Waals surface area contributed by atoms with Crippen molar-refractivity contribution in [3.63, 3.8) is 0 Å². The normalized spacial score (nSPS) is 26.8. The lowest BCUT2D eigenvalue weighted by Gasteiger charge is -2.10. The molecule has 1 aromatic rings. The van der Waals surface area contributed by atoms with E-state index in [1.54, 1.807) is 0 Å².